The topological polar surface area (TPSA) is 56.1 Å². The predicted molar refractivity (Wildman–Crippen MR) is 93.1 cm³/mol. The van der Waals surface area contributed by atoms with Crippen molar-refractivity contribution in [2.75, 3.05) is 12.4 Å². The number of amides is 1. The molecular formula is C19H18FN3O2. The van der Waals surface area contributed by atoms with Crippen LogP contribution in [0, 0.1) is 12.7 Å². The molecule has 1 unspecified atom stereocenters. The lowest BCUT2D eigenvalue weighted by Gasteiger charge is -2.16. The van der Waals surface area contributed by atoms with Gasteiger partial charge in [-0.05, 0) is 30.7 Å². The third kappa shape index (κ3) is 3.59. The van der Waals surface area contributed by atoms with Gasteiger partial charge in [0.1, 0.15) is 11.6 Å². The minimum Gasteiger partial charge on any atom is -0.367 e. The molecule has 0 aliphatic heterocycles. The second-order valence-corrected chi connectivity index (χ2v) is 5.53. The molecule has 25 heavy (non-hydrogen) atoms. The molecule has 0 fully saturated rings. The third-order valence-corrected chi connectivity index (χ3v) is 3.88. The minimum atomic E-state index is -0.764. The van der Waals surface area contributed by atoms with Crippen molar-refractivity contribution in [1.82, 2.24) is 9.55 Å². The molecule has 3 aromatic rings. The van der Waals surface area contributed by atoms with E-state index in [1.165, 1.54) is 13.2 Å². The van der Waals surface area contributed by atoms with E-state index >= 15 is 0 Å². The van der Waals surface area contributed by atoms with Gasteiger partial charge < -0.3 is 14.6 Å². The number of aromatic nitrogens is 2. The lowest BCUT2D eigenvalue weighted by atomic mass is 10.1. The number of nitrogens with zero attached hydrogens (tertiary/aromatic N) is 2. The zero-order chi connectivity index (χ0) is 17.8. The van der Waals surface area contributed by atoms with Gasteiger partial charge in [-0.1, -0.05) is 30.3 Å². The van der Waals surface area contributed by atoms with Crippen LogP contribution in [-0.4, -0.2) is 22.6 Å². The Balaban J connectivity index is 1.80. The maximum Gasteiger partial charge on any atom is 0.258 e. The van der Waals surface area contributed by atoms with E-state index in [9.17, 15) is 9.18 Å². The van der Waals surface area contributed by atoms with Crippen molar-refractivity contribution < 1.29 is 13.9 Å². The van der Waals surface area contributed by atoms with Crippen molar-refractivity contribution in [3.63, 3.8) is 0 Å². The molecule has 0 bridgehead atoms. The normalized spacial score (nSPS) is 12.0. The lowest BCUT2D eigenvalue weighted by Crippen LogP contribution is -2.22. The van der Waals surface area contributed by atoms with Crippen LogP contribution in [0.15, 0.2) is 60.9 Å². The van der Waals surface area contributed by atoms with Crippen LogP contribution < -0.4 is 5.32 Å². The van der Waals surface area contributed by atoms with Crippen molar-refractivity contribution in [3.05, 3.63) is 78.1 Å². The Morgan fingerprint density at radius 3 is 2.60 bits per heavy atom. The zero-order valence-electron chi connectivity index (χ0n) is 13.9. The summed E-state index contributed by atoms with van der Waals surface area (Å²) in [5.74, 6) is -0.133. The molecule has 0 radical (unpaired) electrons. The number of ether oxygens (including phenoxy) is 1. The van der Waals surface area contributed by atoms with Gasteiger partial charge in [-0.3, -0.25) is 4.79 Å². The summed E-state index contributed by atoms with van der Waals surface area (Å²) in [4.78, 5) is 16.5. The molecule has 2 aromatic carbocycles. The number of hydrogen-bond donors (Lipinski definition) is 1. The molecule has 0 saturated heterocycles. The summed E-state index contributed by atoms with van der Waals surface area (Å²) in [6.07, 6.45) is 2.52. The van der Waals surface area contributed by atoms with Gasteiger partial charge in [-0.25, -0.2) is 9.37 Å². The van der Waals surface area contributed by atoms with Crippen molar-refractivity contribution in [3.8, 4) is 5.69 Å². The van der Waals surface area contributed by atoms with E-state index in [-0.39, 0.29) is 5.91 Å². The average molecular weight is 339 g/mol. The monoisotopic (exact) mass is 339 g/mol. The van der Waals surface area contributed by atoms with E-state index in [2.05, 4.69) is 10.3 Å². The second kappa shape index (κ2) is 7.27. The highest BCUT2D eigenvalue weighted by Crippen LogP contribution is 2.22. The summed E-state index contributed by atoms with van der Waals surface area (Å²) in [6.45, 7) is 1.79. The molecule has 6 heteroatoms. The van der Waals surface area contributed by atoms with Crippen LogP contribution in [0.1, 0.15) is 17.5 Å². The van der Waals surface area contributed by atoms with Gasteiger partial charge in [0.15, 0.2) is 6.10 Å². The van der Waals surface area contributed by atoms with Crippen LogP contribution >= 0.6 is 0 Å². The Hall–Kier alpha value is -2.99. The van der Waals surface area contributed by atoms with E-state index in [4.69, 9.17) is 4.74 Å². The van der Waals surface area contributed by atoms with Crippen molar-refractivity contribution in [2.24, 2.45) is 0 Å². The fourth-order valence-corrected chi connectivity index (χ4v) is 2.64. The summed E-state index contributed by atoms with van der Waals surface area (Å²) in [5.41, 5.74) is 1.47. The van der Waals surface area contributed by atoms with E-state index in [0.29, 0.717) is 17.2 Å². The Morgan fingerprint density at radius 2 is 2.00 bits per heavy atom. The van der Waals surface area contributed by atoms with E-state index in [1.54, 1.807) is 48.1 Å². The fraction of sp³-hybridized carbons (Fsp3) is 0.158. The first-order valence-corrected chi connectivity index (χ1v) is 7.78. The lowest BCUT2D eigenvalue weighted by molar-refractivity contribution is -0.126. The molecule has 0 aliphatic carbocycles. The predicted octanol–water partition coefficient (Wildman–Crippen LogP) is 3.65. The van der Waals surface area contributed by atoms with Gasteiger partial charge in [0, 0.05) is 25.2 Å². The number of halogens is 1. The first kappa shape index (κ1) is 16.9. The molecule has 1 atom stereocenters. The standard InChI is InChI=1S/C19H18FN3O2/c1-13-21-10-11-23(13)17-9-8-15(12-16(17)20)22-19(24)18(25-2)14-6-4-3-5-7-14/h3-12,18H,1-2H3,(H,22,24). The van der Waals surface area contributed by atoms with Gasteiger partial charge in [-0.2, -0.15) is 0 Å². The molecule has 1 heterocycles. The molecule has 1 aromatic heterocycles. The number of imidazole rings is 1. The molecule has 128 valence electrons. The van der Waals surface area contributed by atoms with Crippen molar-refractivity contribution in [1.29, 1.82) is 0 Å². The number of rotatable bonds is 5. The number of anilines is 1. The average Bonchev–Trinajstić information content (AvgIpc) is 3.02. The first-order valence-electron chi connectivity index (χ1n) is 7.78. The van der Waals surface area contributed by atoms with E-state index in [1.807, 2.05) is 18.2 Å². The molecular weight excluding hydrogens is 321 g/mol. The van der Waals surface area contributed by atoms with Gasteiger partial charge in [-0.15, -0.1) is 0 Å². The highest BCUT2D eigenvalue weighted by molar-refractivity contribution is 5.95. The number of carbonyl (C=O) groups excluding carboxylic acids is 1. The molecule has 1 amide bonds. The van der Waals surface area contributed by atoms with Crippen LogP contribution in [0.25, 0.3) is 5.69 Å². The Kier molecular flexibility index (Phi) is 4.90. The van der Waals surface area contributed by atoms with Crippen LogP contribution in [0.3, 0.4) is 0 Å². The van der Waals surface area contributed by atoms with Gasteiger partial charge in [0.05, 0.1) is 5.69 Å². The Bertz CT molecular complexity index is 877. The molecule has 0 spiro atoms. The number of benzene rings is 2. The summed E-state index contributed by atoms with van der Waals surface area (Å²) in [7, 11) is 1.46. The number of carbonyl (C=O) groups is 1. The molecule has 3 rings (SSSR count). The number of nitrogens with one attached hydrogen (secondary N) is 1. The summed E-state index contributed by atoms with van der Waals surface area (Å²) < 4.78 is 21.3. The van der Waals surface area contributed by atoms with Gasteiger partial charge in [0.2, 0.25) is 0 Å². The Morgan fingerprint density at radius 1 is 1.24 bits per heavy atom. The summed E-state index contributed by atoms with van der Waals surface area (Å²) >= 11 is 0. The smallest absolute Gasteiger partial charge is 0.258 e. The number of aryl methyl sites for hydroxylation is 1. The summed E-state index contributed by atoms with van der Waals surface area (Å²) in [6, 6.07) is 13.7. The maximum atomic E-state index is 14.4. The molecule has 0 saturated carbocycles. The van der Waals surface area contributed by atoms with E-state index < -0.39 is 11.9 Å². The second-order valence-electron chi connectivity index (χ2n) is 5.53. The SMILES string of the molecule is COC(C(=O)Nc1ccc(-n2ccnc2C)c(F)c1)c1ccccc1. The van der Waals surface area contributed by atoms with Crippen LogP contribution in [-0.2, 0) is 9.53 Å². The van der Waals surface area contributed by atoms with Gasteiger partial charge in [0.25, 0.3) is 5.91 Å². The zero-order valence-corrected chi connectivity index (χ0v) is 13.9. The van der Waals surface area contributed by atoms with Crippen molar-refractivity contribution >= 4 is 11.6 Å². The third-order valence-electron chi connectivity index (χ3n) is 3.88. The van der Waals surface area contributed by atoms with Crippen LogP contribution in [0.5, 0.6) is 0 Å². The molecule has 1 N–H and O–H groups in total. The summed E-state index contributed by atoms with van der Waals surface area (Å²) in [5, 5.41) is 2.69. The van der Waals surface area contributed by atoms with Gasteiger partial charge >= 0.3 is 0 Å². The number of hydrogen-bond acceptors (Lipinski definition) is 3. The Labute approximate surface area is 145 Å². The maximum absolute atomic E-state index is 14.4. The highest BCUT2D eigenvalue weighted by Gasteiger charge is 2.20. The fourth-order valence-electron chi connectivity index (χ4n) is 2.64. The number of methoxy groups -OCH3 is 1. The minimum absolute atomic E-state index is 0.361. The van der Waals surface area contributed by atoms with Crippen LogP contribution in [0.2, 0.25) is 0 Å². The molecule has 0 aliphatic rings. The van der Waals surface area contributed by atoms with Crippen molar-refractivity contribution in [2.45, 2.75) is 13.0 Å². The van der Waals surface area contributed by atoms with Crippen LogP contribution in [0.4, 0.5) is 10.1 Å². The molecule has 5 nitrogen and oxygen atoms in total. The van der Waals surface area contributed by atoms with E-state index in [0.717, 1.165) is 5.56 Å². The quantitative estimate of drug-likeness (QED) is 0.772. The largest absolute Gasteiger partial charge is 0.367 e. The highest BCUT2D eigenvalue weighted by atomic mass is 19.1. The first-order chi connectivity index (χ1) is 12.1.